The Morgan fingerprint density at radius 2 is 1.95 bits per heavy atom. The second-order valence-electron chi connectivity index (χ2n) is 5.86. The summed E-state index contributed by atoms with van der Waals surface area (Å²) in [6, 6.07) is 7.62. The number of hydrogen-bond acceptors (Lipinski definition) is 4. The molecule has 0 aliphatic carbocycles. The van der Waals surface area contributed by atoms with E-state index in [0.717, 1.165) is 11.1 Å². The first-order chi connectivity index (χ1) is 9.85. The van der Waals surface area contributed by atoms with Crippen LogP contribution in [0.3, 0.4) is 0 Å². The molecule has 2 rings (SSSR count). The van der Waals surface area contributed by atoms with E-state index in [-0.39, 0.29) is 6.04 Å². The van der Waals surface area contributed by atoms with Crippen LogP contribution in [-0.4, -0.2) is 16.7 Å². The zero-order chi connectivity index (χ0) is 15.5. The van der Waals surface area contributed by atoms with Gasteiger partial charge in [0.2, 0.25) is 0 Å². The third-order valence-corrected chi connectivity index (χ3v) is 2.86. The molecule has 0 unspecified atom stereocenters. The molecule has 5 nitrogen and oxygen atoms in total. The van der Waals surface area contributed by atoms with Gasteiger partial charge in [-0.05, 0) is 33.3 Å². The molecule has 5 heteroatoms. The van der Waals surface area contributed by atoms with Crippen LogP contribution >= 0.6 is 0 Å². The van der Waals surface area contributed by atoms with Crippen molar-refractivity contribution in [1.82, 2.24) is 10.3 Å². The predicted octanol–water partition coefficient (Wildman–Crippen LogP) is 3.93. The summed E-state index contributed by atoms with van der Waals surface area (Å²) in [5, 5.41) is 2.81. The monoisotopic (exact) mass is 288 g/mol. The van der Waals surface area contributed by atoms with Crippen molar-refractivity contribution in [2.45, 2.75) is 39.3 Å². The van der Waals surface area contributed by atoms with Gasteiger partial charge in [0.1, 0.15) is 5.60 Å². The zero-order valence-electron chi connectivity index (χ0n) is 12.7. The van der Waals surface area contributed by atoms with Gasteiger partial charge in [-0.3, -0.25) is 0 Å². The first kappa shape index (κ1) is 15.1. The summed E-state index contributed by atoms with van der Waals surface area (Å²) in [7, 11) is 0. The third-order valence-electron chi connectivity index (χ3n) is 2.86. The van der Waals surface area contributed by atoms with Crippen LogP contribution in [0.1, 0.15) is 39.3 Å². The van der Waals surface area contributed by atoms with E-state index in [1.807, 2.05) is 52.0 Å². The molecule has 0 radical (unpaired) electrons. The highest BCUT2D eigenvalue weighted by Gasteiger charge is 2.18. The van der Waals surface area contributed by atoms with E-state index in [0.29, 0.717) is 5.76 Å². The summed E-state index contributed by atoms with van der Waals surface area (Å²) in [5.74, 6) is 0.717. The van der Waals surface area contributed by atoms with Crippen molar-refractivity contribution in [2.75, 3.05) is 0 Å². The Morgan fingerprint density at radius 3 is 2.48 bits per heavy atom. The molecule has 0 saturated carbocycles. The van der Waals surface area contributed by atoms with Gasteiger partial charge >= 0.3 is 6.09 Å². The Balaban J connectivity index is 2.00. The van der Waals surface area contributed by atoms with Crippen LogP contribution in [0.2, 0.25) is 0 Å². The highest BCUT2D eigenvalue weighted by atomic mass is 16.6. The topological polar surface area (TPSA) is 64.4 Å². The summed E-state index contributed by atoms with van der Waals surface area (Å²) in [6.07, 6.45) is 2.64. The minimum Gasteiger partial charge on any atom is -0.444 e. The highest BCUT2D eigenvalue weighted by molar-refractivity contribution is 5.68. The largest absolute Gasteiger partial charge is 0.444 e. The highest BCUT2D eigenvalue weighted by Crippen LogP contribution is 2.21. The number of aromatic nitrogens is 1. The zero-order valence-corrected chi connectivity index (χ0v) is 12.7. The van der Waals surface area contributed by atoms with Crippen LogP contribution in [-0.2, 0) is 4.74 Å². The number of carbonyl (C=O) groups is 1. The lowest BCUT2D eigenvalue weighted by Crippen LogP contribution is -2.34. The fraction of sp³-hybridized carbons (Fsp3) is 0.375. The minimum absolute atomic E-state index is 0.136. The summed E-state index contributed by atoms with van der Waals surface area (Å²) in [4.78, 5) is 15.6. The number of carbonyl (C=O) groups excluding carboxylic acids is 1. The van der Waals surface area contributed by atoms with Gasteiger partial charge in [0.15, 0.2) is 12.2 Å². The Bertz CT molecular complexity index is 583. The molecule has 2 aromatic rings. The summed E-state index contributed by atoms with van der Waals surface area (Å²) < 4.78 is 10.5. The predicted molar refractivity (Wildman–Crippen MR) is 79.7 cm³/mol. The molecule has 1 amide bonds. The quantitative estimate of drug-likeness (QED) is 0.929. The molecule has 1 N–H and O–H groups in total. The van der Waals surface area contributed by atoms with Gasteiger partial charge in [-0.15, -0.1) is 0 Å². The molecular formula is C16H20N2O3. The molecule has 0 saturated heterocycles. The number of nitrogens with one attached hydrogen (secondary N) is 1. The summed E-state index contributed by atoms with van der Waals surface area (Å²) >= 11 is 0. The maximum absolute atomic E-state index is 11.7. The molecular weight excluding hydrogens is 268 g/mol. The van der Waals surface area contributed by atoms with Crippen molar-refractivity contribution >= 4 is 6.09 Å². The first-order valence-corrected chi connectivity index (χ1v) is 6.83. The van der Waals surface area contributed by atoms with E-state index in [2.05, 4.69) is 10.3 Å². The first-order valence-electron chi connectivity index (χ1n) is 6.83. The fourth-order valence-electron chi connectivity index (χ4n) is 1.86. The molecule has 1 aromatic carbocycles. The molecule has 1 aromatic heterocycles. The number of nitrogens with zero attached hydrogens (tertiary/aromatic N) is 1. The second kappa shape index (κ2) is 5.99. The van der Waals surface area contributed by atoms with Gasteiger partial charge in [0.25, 0.3) is 0 Å². The Hall–Kier alpha value is -2.30. The lowest BCUT2D eigenvalue weighted by Gasteiger charge is -2.22. The Kier molecular flexibility index (Phi) is 4.31. The number of oxazole rings is 1. The van der Waals surface area contributed by atoms with Gasteiger partial charge in [-0.25, -0.2) is 9.78 Å². The average Bonchev–Trinajstić information content (AvgIpc) is 2.90. The van der Waals surface area contributed by atoms with Crippen LogP contribution in [0, 0.1) is 0 Å². The number of amides is 1. The third kappa shape index (κ3) is 4.34. The van der Waals surface area contributed by atoms with Crippen molar-refractivity contribution in [1.29, 1.82) is 0 Å². The van der Waals surface area contributed by atoms with E-state index in [1.165, 1.54) is 6.39 Å². The summed E-state index contributed by atoms with van der Waals surface area (Å²) in [5.41, 5.74) is 1.43. The van der Waals surface area contributed by atoms with Gasteiger partial charge in [-0.2, -0.15) is 0 Å². The van der Waals surface area contributed by atoms with Crippen LogP contribution in [0.15, 0.2) is 41.3 Å². The molecule has 0 bridgehead atoms. The maximum Gasteiger partial charge on any atom is 0.408 e. The van der Waals surface area contributed by atoms with Crippen LogP contribution in [0.25, 0.3) is 11.3 Å². The summed E-state index contributed by atoms with van der Waals surface area (Å²) in [6.45, 7) is 7.42. The van der Waals surface area contributed by atoms with Crippen molar-refractivity contribution in [3.8, 4) is 11.3 Å². The van der Waals surface area contributed by atoms with Gasteiger partial charge in [0.05, 0.1) is 12.2 Å². The standard InChI is InChI=1S/C16H20N2O3/c1-11(18-15(19)21-16(2,3)4)12-5-7-13(8-6-12)14-9-17-10-20-14/h5-11H,1-4H3,(H,18,19)/t11-/m0/s1. The van der Waals surface area contributed by atoms with E-state index >= 15 is 0 Å². The van der Waals surface area contributed by atoms with Crippen LogP contribution in [0.4, 0.5) is 4.79 Å². The lowest BCUT2D eigenvalue weighted by atomic mass is 10.1. The lowest BCUT2D eigenvalue weighted by molar-refractivity contribution is 0.0508. The molecule has 0 aliphatic heterocycles. The maximum atomic E-state index is 11.7. The van der Waals surface area contributed by atoms with E-state index in [4.69, 9.17) is 9.15 Å². The number of alkyl carbamates (subject to hydrolysis) is 1. The fourth-order valence-corrected chi connectivity index (χ4v) is 1.86. The van der Waals surface area contributed by atoms with Gasteiger partial charge in [-0.1, -0.05) is 24.3 Å². The van der Waals surface area contributed by atoms with E-state index in [1.54, 1.807) is 6.20 Å². The smallest absolute Gasteiger partial charge is 0.408 e. The molecule has 112 valence electrons. The molecule has 1 atom stereocenters. The second-order valence-corrected chi connectivity index (χ2v) is 5.86. The molecule has 21 heavy (non-hydrogen) atoms. The van der Waals surface area contributed by atoms with E-state index < -0.39 is 11.7 Å². The minimum atomic E-state index is -0.500. The molecule has 0 spiro atoms. The molecule has 0 fully saturated rings. The molecule has 0 aliphatic rings. The van der Waals surface area contributed by atoms with Crippen LogP contribution in [0.5, 0.6) is 0 Å². The van der Waals surface area contributed by atoms with Crippen molar-refractivity contribution < 1.29 is 13.9 Å². The van der Waals surface area contributed by atoms with Crippen molar-refractivity contribution in [3.63, 3.8) is 0 Å². The van der Waals surface area contributed by atoms with Crippen LogP contribution < -0.4 is 5.32 Å². The Labute approximate surface area is 124 Å². The van der Waals surface area contributed by atoms with E-state index in [9.17, 15) is 4.79 Å². The number of hydrogen-bond donors (Lipinski definition) is 1. The normalized spacial score (nSPS) is 12.8. The average molecular weight is 288 g/mol. The van der Waals surface area contributed by atoms with Gasteiger partial charge in [0, 0.05) is 5.56 Å². The number of rotatable bonds is 3. The molecule has 1 heterocycles. The van der Waals surface area contributed by atoms with Gasteiger partial charge < -0.3 is 14.5 Å². The Morgan fingerprint density at radius 1 is 1.29 bits per heavy atom. The number of benzene rings is 1. The number of ether oxygens (including phenoxy) is 1. The van der Waals surface area contributed by atoms with Crippen molar-refractivity contribution in [2.24, 2.45) is 0 Å². The van der Waals surface area contributed by atoms with Crippen molar-refractivity contribution in [3.05, 3.63) is 42.4 Å². The SMILES string of the molecule is C[C@H](NC(=O)OC(C)(C)C)c1ccc(-c2cnco2)cc1.